The minimum atomic E-state index is -0.0668. The molecule has 5 nitrogen and oxygen atoms in total. The summed E-state index contributed by atoms with van der Waals surface area (Å²) in [7, 11) is 3.50. The molecule has 0 amide bonds. The quantitative estimate of drug-likeness (QED) is 0.521. The largest absolute Gasteiger partial charge is 0.328 e. The van der Waals surface area contributed by atoms with Crippen LogP contribution in [0.15, 0.2) is 47.3 Å². The molecule has 0 saturated heterocycles. The van der Waals surface area contributed by atoms with Crippen LogP contribution in [0.3, 0.4) is 0 Å². The molecule has 0 bridgehead atoms. The van der Waals surface area contributed by atoms with Crippen LogP contribution >= 0.6 is 11.3 Å². The fraction of sp³-hybridized carbons (Fsp3) is 0.105. The lowest BCUT2D eigenvalue weighted by Gasteiger charge is -1.99. The highest BCUT2D eigenvalue weighted by molar-refractivity contribution is 7.19. The smallest absolute Gasteiger partial charge is 0.295 e. The molecule has 2 heterocycles. The van der Waals surface area contributed by atoms with Gasteiger partial charge in [0.1, 0.15) is 11.1 Å². The molecule has 0 atom stereocenters. The van der Waals surface area contributed by atoms with Crippen molar-refractivity contribution in [1.29, 1.82) is 5.26 Å². The molecule has 0 aliphatic heterocycles. The van der Waals surface area contributed by atoms with Crippen LogP contribution in [-0.4, -0.2) is 14.1 Å². The Morgan fingerprint density at radius 1 is 1.16 bits per heavy atom. The van der Waals surface area contributed by atoms with Crippen molar-refractivity contribution in [3.8, 4) is 6.07 Å². The predicted molar refractivity (Wildman–Crippen MR) is 101 cm³/mol. The summed E-state index contributed by atoms with van der Waals surface area (Å²) in [6.45, 7) is 0. The average molecular weight is 346 g/mol. The molecule has 2 aromatic heterocycles. The number of rotatable bonds is 2. The van der Waals surface area contributed by atoms with Crippen LogP contribution in [-0.2, 0) is 14.1 Å². The maximum absolute atomic E-state index is 12.0. The van der Waals surface area contributed by atoms with Gasteiger partial charge in [-0.25, -0.2) is 9.78 Å². The van der Waals surface area contributed by atoms with E-state index in [0.717, 1.165) is 26.8 Å². The van der Waals surface area contributed by atoms with Crippen molar-refractivity contribution in [3.05, 3.63) is 63.5 Å². The summed E-state index contributed by atoms with van der Waals surface area (Å²) in [5, 5.41) is 10.3. The van der Waals surface area contributed by atoms with E-state index in [1.54, 1.807) is 23.2 Å². The lowest BCUT2D eigenvalue weighted by atomic mass is 10.1. The molecule has 0 unspecified atom stereocenters. The highest BCUT2D eigenvalue weighted by Gasteiger charge is 2.10. The van der Waals surface area contributed by atoms with Crippen LogP contribution in [0.5, 0.6) is 0 Å². The van der Waals surface area contributed by atoms with Crippen molar-refractivity contribution < 1.29 is 0 Å². The van der Waals surface area contributed by atoms with Gasteiger partial charge in [0.2, 0.25) is 0 Å². The Morgan fingerprint density at radius 3 is 2.68 bits per heavy atom. The number of nitriles is 1. The minimum absolute atomic E-state index is 0.0668. The van der Waals surface area contributed by atoms with Crippen LogP contribution in [0, 0.1) is 11.3 Å². The zero-order valence-electron chi connectivity index (χ0n) is 13.7. The van der Waals surface area contributed by atoms with Gasteiger partial charge in [-0.1, -0.05) is 18.2 Å². The number of aryl methyl sites for hydroxylation is 2. The first kappa shape index (κ1) is 15.4. The molecule has 2 aromatic carbocycles. The predicted octanol–water partition coefficient (Wildman–Crippen LogP) is 3.55. The van der Waals surface area contributed by atoms with E-state index in [-0.39, 0.29) is 5.69 Å². The van der Waals surface area contributed by atoms with Gasteiger partial charge in [0.25, 0.3) is 0 Å². The Labute approximate surface area is 147 Å². The highest BCUT2D eigenvalue weighted by atomic mass is 32.1. The molecule has 6 heteroatoms. The molecule has 0 aliphatic carbocycles. The van der Waals surface area contributed by atoms with E-state index in [0.29, 0.717) is 10.6 Å². The van der Waals surface area contributed by atoms with Gasteiger partial charge in [-0.3, -0.25) is 9.13 Å². The number of aromatic nitrogens is 3. The van der Waals surface area contributed by atoms with Gasteiger partial charge < -0.3 is 0 Å². The second-order valence-electron chi connectivity index (χ2n) is 5.81. The number of benzene rings is 2. The Balaban J connectivity index is 1.85. The normalized spacial score (nSPS) is 12.0. The monoisotopic (exact) mass is 346 g/mol. The minimum Gasteiger partial charge on any atom is -0.295 e. The van der Waals surface area contributed by atoms with Crippen LogP contribution in [0.2, 0.25) is 0 Å². The van der Waals surface area contributed by atoms with Crippen LogP contribution in [0.4, 0.5) is 0 Å². The van der Waals surface area contributed by atoms with Gasteiger partial charge in [-0.2, -0.15) is 5.26 Å². The molecule has 0 N–H and O–H groups in total. The first-order valence-corrected chi connectivity index (χ1v) is 8.53. The molecule has 0 saturated carbocycles. The highest BCUT2D eigenvalue weighted by Crippen LogP contribution is 2.28. The van der Waals surface area contributed by atoms with Crippen LogP contribution < -0.4 is 5.69 Å². The fourth-order valence-corrected chi connectivity index (χ4v) is 3.84. The molecule has 0 aliphatic rings. The van der Waals surface area contributed by atoms with E-state index in [9.17, 15) is 10.1 Å². The zero-order valence-corrected chi connectivity index (χ0v) is 14.5. The third-order valence-corrected chi connectivity index (χ3v) is 5.32. The van der Waals surface area contributed by atoms with E-state index in [1.807, 2.05) is 48.5 Å². The first-order valence-electron chi connectivity index (χ1n) is 7.71. The number of fused-ring (bicyclic) bond motifs is 2. The van der Waals surface area contributed by atoms with E-state index >= 15 is 0 Å². The molecule has 122 valence electrons. The van der Waals surface area contributed by atoms with Gasteiger partial charge in [-0.15, -0.1) is 11.3 Å². The number of thiazole rings is 1. The average Bonchev–Trinajstić information content (AvgIpc) is 3.15. The Bertz CT molecular complexity index is 1220. The number of imidazole rings is 1. The number of nitrogens with zero attached hydrogens (tertiary/aromatic N) is 4. The van der Waals surface area contributed by atoms with Gasteiger partial charge in [-0.05, 0) is 35.9 Å². The SMILES string of the molecule is Cn1c(=O)n(C)c2cc(/C=C(\C#N)c3nc4ccccc4s3)ccc21. The topological polar surface area (TPSA) is 63.6 Å². The standard InChI is InChI=1S/C19H14N4OS/c1-22-15-8-7-12(10-16(15)23(2)19(22)24)9-13(11-20)18-21-14-5-3-4-6-17(14)25-18/h3-10H,1-2H3/b13-9+. The maximum atomic E-state index is 12.0. The van der Waals surface area contributed by atoms with Crippen molar-refractivity contribution in [2.45, 2.75) is 0 Å². The molecule has 4 rings (SSSR count). The van der Waals surface area contributed by atoms with Crippen molar-refractivity contribution in [2.24, 2.45) is 14.1 Å². The summed E-state index contributed by atoms with van der Waals surface area (Å²) < 4.78 is 4.28. The van der Waals surface area contributed by atoms with E-state index in [1.165, 1.54) is 11.3 Å². The summed E-state index contributed by atoms with van der Waals surface area (Å²) in [5.74, 6) is 0. The number of allylic oxidation sites excluding steroid dienone is 1. The summed E-state index contributed by atoms with van der Waals surface area (Å²) in [5.41, 5.74) is 3.91. The van der Waals surface area contributed by atoms with E-state index in [4.69, 9.17) is 0 Å². The van der Waals surface area contributed by atoms with Crippen molar-refractivity contribution >= 4 is 44.2 Å². The first-order chi connectivity index (χ1) is 12.1. The summed E-state index contributed by atoms with van der Waals surface area (Å²) in [6, 6.07) is 15.8. The van der Waals surface area contributed by atoms with Crippen molar-refractivity contribution in [2.75, 3.05) is 0 Å². The zero-order chi connectivity index (χ0) is 17.6. The summed E-state index contributed by atoms with van der Waals surface area (Å²) in [6.07, 6.45) is 1.81. The maximum Gasteiger partial charge on any atom is 0.328 e. The lowest BCUT2D eigenvalue weighted by molar-refractivity contribution is 0.795. The van der Waals surface area contributed by atoms with Crippen molar-refractivity contribution in [1.82, 2.24) is 14.1 Å². The van der Waals surface area contributed by atoms with Gasteiger partial charge >= 0.3 is 5.69 Å². The second kappa shape index (κ2) is 5.72. The molecule has 0 radical (unpaired) electrons. The Hall–Kier alpha value is -3.17. The number of hydrogen-bond donors (Lipinski definition) is 0. The van der Waals surface area contributed by atoms with E-state index < -0.39 is 0 Å². The van der Waals surface area contributed by atoms with Gasteiger partial charge in [0.15, 0.2) is 0 Å². The molecule has 0 fully saturated rings. The summed E-state index contributed by atoms with van der Waals surface area (Å²) in [4.78, 5) is 16.6. The Morgan fingerprint density at radius 2 is 1.92 bits per heavy atom. The lowest BCUT2D eigenvalue weighted by Crippen LogP contribution is -2.19. The van der Waals surface area contributed by atoms with Gasteiger partial charge in [0, 0.05) is 14.1 Å². The fourth-order valence-electron chi connectivity index (χ4n) is 2.91. The molecule has 25 heavy (non-hydrogen) atoms. The third-order valence-electron chi connectivity index (χ3n) is 4.25. The number of para-hydroxylation sites is 1. The van der Waals surface area contributed by atoms with Crippen LogP contribution in [0.1, 0.15) is 10.6 Å². The molecular weight excluding hydrogens is 332 g/mol. The van der Waals surface area contributed by atoms with Crippen LogP contribution in [0.25, 0.3) is 32.9 Å². The summed E-state index contributed by atoms with van der Waals surface area (Å²) >= 11 is 1.50. The Kier molecular flexibility index (Phi) is 3.52. The van der Waals surface area contributed by atoms with Gasteiger partial charge in [0.05, 0.1) is 26.8 Å². The third kappa shape index (κ3) is 2.46. The molecular formula is C19H14N4OS. The van der Waals surface area contributed by atoms with Crippen molar-refractivity contribution in [3.63, 3.8) is 0 Å². The second-order valence-corrected chi connectivity index (χ2v) is 6.84. The number of hydrogen-bond acceptors (Lipinski definition) is 4. The molecule has 0 spiro atoms. The van der Waals surface area contributed by atoms with E-state index in [2.05, 4.69) is 11.1 Å². The molecule has 4 aromatic rings.